The van der Waals surface area contributed by atoms with Gasteiger partial charge in [-0.3, -0.25) is 4.99 Å². The van der Waals surface area contributed by atoms with Gasteiger partial charge in [0.05, 0.1) is 6.20 Å². The quantitative estimate of drug-likeness (QED) is 0.582. The van der Waals surface area contributed by atoms with Crippen molar-refractivity contribution in [3.8, 4) is 0 Å². The third kappa shape index (κ3) is 4.27. The van der Waals surface area contributed by atoms with E-state index >= 15 is 0 Å². The fourth-order valence-corrected chi connectivity index (χ4v) is 0.567. The molecular formula is C7H9ClF3N3. The summed E-state index contributed by atoms with van der Waals surface area (Å²) in [6, 6.07) is 0. The second-order valence-electron chi connectivity index (χ2n) is 2.39. The number of halogens is 4. The van der Waals surface area contributed by atoms with Gasteiger partial charge in [-0.15, -0.1) is 11.6 Å². The molecule has 0 aliphatic carbocycles. The van der Waals surface area contributed by atoms with Gasteiger partial charge in [-0.25, -0.2) is 4.99 Å². The van der Waals surface area contributed by atoms with Crippen LogP contribution in [0.15, 0.2) is 22.0 Å². The summed E-state index contributed by atoms with van der Waals surface area (Å²) >= 11 is 5.06. The summed E-state index contributed by atoms with van der Waals surface area (Å²) in [5.74, 6) is -0.0737. The van der Waals surface area contributed by atoms with Crippen molar-refractivity contribution in [1.82, 2.24) is 0 Å². The highest BCUT2D eigenvalue weighted by molar-refractivity contribution is 6.32. The van der Waals surface area contributed by atoms with Crippen molar-refractivity contribution in [2.24, 2.45) is 15.7 Å². The van der Waals surface area contributed by atoms with Crippen LogP contribution in [0.3, 0.4) is 0 Å². The van der Waals surface area contributed by atoms with Crippen molar-refractivity contribution in [2.75, 3.05) is 0 Å². The molecule has 7 heteroatoms. The Bertz CT molecular complexity index is 270. The summed E-state index contributed by atoms with van der Waals surface area (Å²) in [4.78, 5) is 6.64. The number of alkyl halides is 4. The topological polar surface area (TPSA) is 50.7 Å². The molecule has 14 heavy (non-hydrogen) atoms. The molecule has 80 valence electrons. The largest absolute Gasteiger partial charge is 0.410 e. The van der Waals surface area contributed by atoms with Crippen LogP contribution in [0, 0.1) is 0 Å². The number of rotatable bonds is 3. The summed E-state index contributed by atoms with van der Waals surface area (Å²) in [7, 11) is 0. The van der Waals surface area contributed by atoms with Gasteiger partial charge < -0.3 is 5.73 Å². The lowest BCUT2D eigenvalue weighted by molar-refractivity contribution is -0.118. The molecule has 2 N–H and O–H groups in total. The Morgan fingerprint density at radius 3 is 2.43 bits per heavy atom. The van der Waals surface area contributed by atoms with E-state index in [4.69, 9.17) is 17.3 Å². The Morgan fingerprint density at radius 1 is 1.57 bits per heavy atom. The molecule has 0 rings (SSSR count). The predicted octanol–water partition coefficient (Wildman–Crippen LogP) is 2.08. The molecule has 0 aromatic heterocycles. The molecule has 0 saturated heterocycles. The van der Waals surface area contributed by atoms with E-state index in [0.29, 0.717) is 0 Å². The second-order valence-corrected chi connectivity index (χ2v) is 2.82. The van der Waals surface area contributed by atoms with Gasteiger partial charge in [0.15, 0.2) is 5.38 Å². The zero-order valence-electron chi connectivity index (χ0n) is 7.35. The third-order valence-corrected chi connectivity index (χ3v) is 1.80. The first-order valence-corrected chi connectivity index (χ1v) is 3.90. The van der Waals surface area contributed by atoms with Crippen molar-refractivity contribution >= 4 is 24.0 Å². The molecule has 0 amide bonds. The van der Waals surface area contributed by atoms with Crippen molar-refractivity contribution in [1.29, 1.82) is 0 Å². The Hall–Kier alpha value is -1.04. The molecule has 1 unspecified atom stereocenters. The lowest BCUT2D eigenvalue weighted by Gasteiger charge is -2.12. The molecule has 0 fully saturated rings. The van der Waals surface area contributed by atoms with Crippen LogP contribution < -0.4 is 5.73 Å². The molecular weight excluding hydrogens is 219 g/mol. The summed E-state index contributed by atoms with van der Waals surface area (Å²) in [5, 5.41) is -2.11. The highest BCUT2D eigenvalue weighted by Gasteiger charge is 2.39. The first-order valence-electron chi connectivity index (χ1n) is 3.46. The van der Waals surface area contributed by atoms with Crippen LogP contribution in [-0.2, 0) is 0 Å². The SMILES string of the molecule is C=N/C(N)=C\N=C(C)C(Cl)C(F)(F)F. The number of hydrogen-bond acceptors (Lipinski definition) is 3. The fraction of sp³-hybridized carbons (Fsp3) is 0.429. The van der Waals surface area contributed by atoms with E-state index in [0.717, 1.165) is 13.1 Å². The van der Waals surface area contributed by atoms with Gasteiger partial charge in [0.25, 0.3) is 0 Å². The molecule has 0 aliphatic heterocycles. The minimum absolute atomic E-state index is 0.0737. The van der Waals surface area contributed by atoms with Crippen LogP contribution in [0.5, 0.6) is 0 Å². The summed E-state index contributed by atoms with van der Waals surface area (Å²) in [6.45, 7) is 4.22. The Kier molecular flexibility index (Phi) is 4.62. The molecule has 0 aromatic rings. The van der Waals surface area contributed by atoms with Crippen molar-refractivity contribution < 1.29 is 13.2 Å². The van der Waals surface area contributed by atoms with Gasteiger partial charge in [0.1, 0.15) is 5.82 Å². The van der Waals surface area contributed by atoms with E-state index in [2.05, 4.69) is 16.7 Å². The van der Waals surface area contributed by atoms with Crippen LogP contribution in [0.2, 0.25) is 0 Å². The zero-order valence-corrected chi connectivity index (χ0v) is 8.10. The standard InChI is InChI=1S/C7H9ClF3N3/c1-4(6(8)7(9,10)11)14-3-5(12)13-2/h3,6H,2,12H2,1H3/b5-3-,14-4?. The molecule has 0 aliphatic rings. The minimum atomic E-state index is -4.51. The Morgan fingerprint density at radius 2 is 2.07 bits per heavy atom. The lowest BCUT2D eigenvalue weighted by Crippen LogP contribution is -2.29. The zero-order chi connectivity index (χ0) is 11.4. The summed E-state index contributed by atoms with van der Waals surface area (Å²) in [5.41, 5.74) is 4.83. The van der Waals surface area contributed by atoms with E-state index < -0.39 is 11.6 Å². The smallest absolute Gasteiger partial charge is 0.382 e. The molecule has 0 radical (unpaired) electrons. The highest BCUT2D eigenvalue weighted by Crippen LogP contribution is 2.25. The van der Waals surface area contributed by atoms with Gasteiger partial charge in [-0.05, 0) is 13.6 Å². The third-order valence-electron chi connectivity index (χ3n) is 1.24. The van der Waals surface area contributed by atoms with Crippen LogP contribution in [-0.4, -0.2) is 24.0 Å². The molecule has 0 aromatic carbocycles. The van der Waals surface area contributed by atoms with E-state index in [1.165, 1.54) is 0 Å². The number of nitrogens with zero attached hydrogens (tertiary/aromatic N) is 2. The van der Waals surface area contributed by atoms with Crippen molar-refractivity contribution in [3.63, 3.8) is 0 Å². The number of aliphatic imine (C=N–C) groups is 2. The van der Waals surface area contributed by atoms with Gasteiger partial charge in [-0.1, -0.05) is 0 Å². The predicted molar refractivity (Wildman–Crippen MR) is 50.6 cm³/mol. The van der Waals surface area contributed by atoms with Gasteiger partial charge in [0.2, 0.25) is 0 Å². The number of nitrogens with two attached hydrogens (primary N) is 1. The molecule has 0 bridgehead atoms. The van der Waals surface area contributed by atoms with Gasteiger partial charge >= 0.3 is 6.18 Å². The fourth-order valence-electron chi connectivity index (χ4n) is 0.511. The summed E-state index contributed by atoms with van der Waals surface area (Å²) in [6.07, 6.45) is -3.55. The van der Waals surface area contributed by atoms with Crippen LogP contribution in [0.4, 0.5) is 13.2 Å². The molecule has 0 spiro atoms. The second kappa shape index (κ2) is 4.99. The first kappa shape index (κ1) is 13.0. The average molecular weight is 228 g/mol. The first-order chi connectivity index (χ1) is 6.29. The van der Waals surface area contributed by atoms with E-state index in [-0.39, 0.29) is 11.5 Å². The summed E-state index contributed by atoms with van der Waals surface area (Å²) < 4.78 is 36.0. The van der Waals surface area contributed by atoms with Crippen molar-refractivity contribution in [3.05, 3.63) is 12.0 Å². The molecule has 0 saturated carbocycles. The monoisotopic (exact) mass is 227 g/mol. The van der Waals surface area contributed by atoms with Crippen LogP contribution >= 0.6 is 11.6 Å². The Balaban J connectivity index is 4.62. The maximum Gasteiger partial charge on any atom is 0.410 e. The average Bonchev–Trinajstić information content (AvgIpc) is 2.10. The number of hydrogen-bond donors (Lipinski definition) is 1. The maximum atomic E-state index is 12.0. The molecule has 3 nitrogen and oxygen atoms in total. The van der Waals surface area contributed by atoms with E-state index in [9.17, 15) is 13.2 Å². The van der Waals surface area contributed by atoms with Crippen LogP contribution in [0.25, 0.3) is 0 Å². The van der Waals surface area contributed by atoms with E-state index in [1.54, 1.807) is 0 Å². The van der Waals surface area contributed by atoms with Gasteiger partial charge in [-0.2, -0.15) is 13.2 Å². The van der Waals surface area contributed by atoms with Crippen LogP contribution in [0.1, 0.15) is 6.92 Å². The maximum absolute atomic E-state index is 12.0. The van der Waals surface area contributed by atoms with Crippen molar-refractivity contribution in [2.45, 2.75) is 18.5 Å². The normalized spacial score (nSPS) is 16.6. The molecule has 1 atom stereocenters. The van der Waals surface area contributed by atoms with E-state index in [1.807, 2.05) is 0 Å². The highest BCUT2D eigenvalue weighted by atomic mass is 35.5. The Labute approximate surface area is 84.2 Å². The minimum Gasteiger partial charge on any atom is -0.382 e. The molecule has 0 heterocycles. The van der Waals surface area contributed by atoms with Gasteiger partial charge in [0, 0.05) is 5.71 Å². The lowest BCUT2D eigenvalue weighted by atomic mass is 10.3.